The van der Waals surface area contributed by atoms with Gasteiger partial charge >= 0.3 is 11.7 Å². The van der Waals surface area contributed by atoms with Crippen molar-refractivity contribution in [3.63, 3.8) is 0 Å². The number of fused-ring (bicyclic) bond motifs is 1. The zero-order valence-corrected chi connectivity index (χ0v) is 17.4. The number of nitrogens with zero attached hydrogens (tertiary/aromatic N) is 2. The topological polar surface area (TPSA) is 91.6 Å². The summed E-state index contributed by atoms with van der Waals surface area (Å²) >= 11 is 0. The number of esters is 1. The second-order valence-electron chi connectivity index (χ2n) is 7.30. The Labute approximate surface area is 168 Å². The molecular weight excluding hydrogens is 374 g/mol. The van der Waals surface area contributed by atoms with Gasteiger partial charge in [-0.3, -0.25) is 13.9 Å². The van der Waals surface area contributed by atoms with Crippen LogP contribution in [0.15, 0.2) is 45.1 Å². The second kappa shape index (κ2) is 7.62. The number of methoxy groups -OCH3 is 1. The molecule has 0 aliphatic carbocycles. The third kappa shape index (κ3) is 3.46. The van der Waals surface area contributed by atoms with Gasteiger partial charge < -0.3 is 14.8 Å². The van der Waals surface area contributed by atoms with Crippen molar-refractivity contribution in [2.75, 3.05) is 12.4 Å². The van der Waals surface area contributed by atoms with Crippen molar-refractivity contribution >= 4 is 11.8 Å². The molecule has 0 spiro atoms. The molecule has 0 saturated heterocycles. The Morgan fingerprint density at radius 2 is 1.86 bits per heavy atom. The standard InChI is InChI=1S/C21H25N3O5/c1-11(2)29-20(26)15-12(3)22-18-17(19(25)24(5)21(27)23(18)4)16(15)13-8-7-9-14(10-13)28-6/h7-11,16,22H,1-6H3/t16-/m1/s1. The number of benzene rings is 1. The quantitative estimate of drug-likeness (QED) is 0.790. The van der Waals surface area contributed by atoms with Gasteiger partial charge in [-0.25, -0.2) is 9.59 Å². The van der Waals surface area contributed by atoms with Gasteiger partial charge in [0.05, 0.1) is 30.3 Å². The van der Waals surface area contributed by atoms with Crippen LogP contribution in [0.3, 0.4) is 0 Å². The molecule has 0 bridgehead atoms. The first-order valence-corrected chi connectivity index (χ1v) is 9.30. The van der Waals surface area contributed by atoms with Crippen molar-refractivity contribution in [1.29, 1.82) is 0 Å². The number of hydrogen-bond acceptors (Lipinski definition) is 6. The molecule has 8 heteroatoms. The fourth-order valence-electron chi connectivity index (χ4n) is 3.59. The monoisotopic (exact) mass is 399 g/mol. The normalized spacial score (nSPS) is 15.8. The number of ether oxygens (including phenoxy) is 2. The summed E-state index contributed by atoms with van der Waals surface area (Å²) in [6.07, 6.45) is -0.321. The van der Waals surface area contributed by atoms with E-state index in [2.05, 4.69) is 5.32 Å². The molecule has 1 atom stereocenters. The van der Waals surface area contributed by atoms with Gasteiger partial charge in [-0.15, -0.1) is 0 Å². The fraction of sp³-hybridized carbons (Fsp3) is 0.381. The minimum atomic E-state index is -0.710. The molecule has 2 aromatic rings. The molecule has 0 saturated carbocycles. The molecule has 1 aromatic heterocycles. The molecule has 0 radical (unpaired) electrons. The molecular formula is C21H25N3O5. The summed E-state index contributed by atoms with van der Waals surface area (Å²) in [5.41, 5.74) is 0.939. The van der Waals surface area contributed by atoms with Gasteiger partial charge in [0.2, 0.25) is 0 Å². The zero-order chi connectivity index (χ0) is 21.5. The van der Waals surface area contributed by atoms with Crippen molar-refractivity contribution in [3.05, 3.63) is 67.5 Å². The molecule has 2 heterocycles. The Balaban J connectivity index is 2.36. The fourth-order valence-corrected chi connectivity index (χ4v) is 3.59. The minimum Gasteiger partial charge on any atom is -0.497 e. The number of carbonyl (C=O) groups excluding carboxylic acids is 1. The number of rotatable bonds is 4. The molecule has 1 aromatic carbocycles. The number of nitrogens with one attached hydrogen (secondary N) is 1. The highest BCUT2D eigenvalue weighted by atomic mass is 16.5. The minimum absolute atomic E-state index is 0.309. The summed E-state index contributed by atoms with van der Waals surface area (Å²) < 4.78 is 13.2. The van der Waals surface area contributed by atoms with Crippen LogP contribution in [0.4, 0.5) is 5.82 Å². The van der Waals surface area contributed by atoms with Crippen LogP contribution in [0.2, 0.25) is 0 Å². The van der Waals surface area contributed by atoms with Crippen molar-refractivity contribution in [1.82, 2.24) is 9.13 Å². The lowest BCUT2D eigenvalue weighted by atomic mass is 9.82. The van der Waals surface area contributed by atoms with E-state index in [4.69, 9.17) is 9.47 Å². The van der Waals surface area contributed by atoms with Crippen LogP contribution < -0.4 is 21.3 Å². The van der Waals surface area contributed by atoms with Crippen molar-refractivity contribution in [3.8, 4) is 5.75 Å². The van der Waals surface area contributed by atoms with Gasteiger partial charge in [0.25, 0.3) is 5.56 Å². The van der Waals surface area contributed by atoms with E-state index in [1.165, 1.54) is 11.6 Å². The molecule has 0 fully saturated rings. The third-order valence-electron chi connectivity index (χ3n) is 4.98. The molecule has 0 unspecified atom stereocenters. The number of carbonyl (C=O) groups is 1. The zero-order valence-electron chi connectivity index (χ0n) is 17.4. The van der Waals surface area contributed by atoms with E-state index in [1.54, 1.807) is 53.1 Å². The lowest BCUT2D eigenvalue weighted by molar-refractivity contribution is -0.143. The van der Waals surface area contributed by atoms with E-state index < -0.39 is 23.1 Å². The Kier molecular flexibility index (Phi) is 5.37. The molecule has 1 N–H and O–H groups in total. The van der Waals surface area contributed by atoms with E-state index in [1.807, 2.05) is 6.07 Å². The molecule has 8 nitrogen and oxygen atoms in total. The van der Waals surface area contributed by atoms with Crippen LogP contribution in [-0.2, 0) is 23.6 Å². The molecule has 29 heavy (non-hydrogen) atoms. The molecule has 1 aliphatic heterocycles. The maximum absolute atomic E-state index is 13.1. The van der Waals surface area contributed by atoms with Crippen LogP contribution in [-0.4, -0.2) is 28.3 Å². The summed E-state index contributed by atoms with van der Waals surface area (Å²) in [6, 6.07) is 7.18. The largest absolute Gasteiger partial charge is 0.497 e. The van der Waals surface area contributed by atoms with E-state index >= 15 is 0 Å². The van der Waals surface area contributed by atoms with Crippen LogP contribution in [0.5, 0.6) is 5.75 Å². The summed E-state index contributed by atoms with van der Waals surface area (Å²) in [6.45, 7) is 5.26. The Hall–Kier alpha value is -3.29. The van der Waals surface area contributed by atoms with E-state index in [-0.39, 0.29) is 6.10 Å². The first kappa shape index (κ1) is 20.4. The highest BCUT2D eigenvalue weighted by Gasteiger charge is 2.37. The summed E-state index contributed by atoms with van der Waals surface area (Å²) in [5.74, 6) is -0.263. The van der Waals surface area contributed by atoms with Gasteiger partial charge in [-0.05, 0) is 38.5 Å². The summed E-state index contributed by atoms with van der Waals surface area (Å²) in [7, 11) is 4.55. The van der Waals surface area contributed by atoms with Crippen LogP contribution in [0, 0.1) is 0 Å². The Bertz CT molecular complexity index is 1120. The van der Waals surface area contributed by atoms with Crippen LogP contribution in [0.25, 0.3) is 0 Å². The van der Waals surface area contributed by atoms with Gasteiger partial charge in [0.15, 0.2) is 0 Å². The van der Waals surface area contributed by atoms with E-state index in [0.717, 1.165) is 4.57 Å². The van der Waals surface area contributed by atoms with E-state index in [9.17, 15) is 14.4 Å². The number of allylic oxidation sites excluding steroid dienone is 1. The van der Waals surface area contributed by atoms with E-state index in [0.29, 0.717) is 34.0 Å². The number of aromatic nitrogens is 2. The first-order chi connectivity index (χ1) is 13.7. The molecule has 1 aliphatic rings. The van der Waals surface area contributed by atoms with Crippen molar-refractivity contribution in [2.24, 2.45) is 14.1 Å². The predicted octanol–water partition coefficient (Wildman–Crippen LogP) is 1.88. The summed E-state index contributed by atoms with van der Waals surface area (Å²) in [5, 5.41) is 3.07. The third-order valence-corrected chi connectivity index (χ3v) is 4.98. The van der Waals surface area contributed by atoms with Gasteiger partial charge in [0, 0.05) is 19.8 Å². The highest BCUT2D eigenvalue weighted by Crippen LogP contribution is 2.40. The molecule has 154 valence electrons. The maximum atomic E-state index is 13.1. The number of anilines is 1. The highest BCUT2D eigenvalue weighted by molar-refractivity contribution is 5.94. The Morgan fingerprint density at radius 3 is 2.48 bits per heavy atom. The predicted molar refractivity (Wildman–Crippen MR) is 109 cm³/mol. The molecule has 0 amide bonds. The van der Waals surface area contributed by atoms with Crippen LogP contribution >= 0.6 is 0 Å². The molecule has 3 rings (SSSR count). The average molecular weight is 399 g/mol. The maximum Gasteiger partial charge on any atom is 0.337 e. The summed E-state index contributed by atoms with van der Waals surface area (Å²) in [4.78, 5) is 38.5. The van der Waals surface area contributed by atoms with Crippen molar-refractivity contribution < 1.29 is 14.3 Å². The van der Waals surface area contributed by atoms with Gasteiger partial charge in [0.1, 0.15) is 11.6 Å². The van der Waals surface area contributed by atoms with Gasteiger partial charge in [-0.2, -0.15) is 0 Å². The second-order valence-corrected chi connectivity index (χ2v) is 7.30. The lowest BCUT2D eigenvalue weighted by Gasteiger charge is -2.31. The Morgan fingerprint density at radius 1 is 1.17 bits per heavy atom. The SMILES string of the molecule is COc1cccc([C@@H]2C(C(=O)OC(C)C)=C(C)Nc3c2c(=O)n(C)c(=O)n3C)c1. The average Bonchev–Trinajstić information content (AvgIpc) is 2.69. The van der Waals surface area contributed by atoms with Crippen molar-refractivity contribution in [2.45, 2.75) is 32.8 Å². The van der Waals surface area contributed by atoms with Gasteiger partial charge in [-0.1, -0.05) is 12.1 Å². The number of hydrogen-bond donors (Lipinski definition) is 1. The lowest BCUT2D eigenvalue weighted by Crippen LogP contribution is -2.43. The first-order valence-electron chi connectivity index (χ1n) is 9.30. The van der Waals surface area contributed by atoms with Crippen LogP contribution in [0.1, 0.15) is 37.8 Å². The smallest absolute Gasteiger partial charge is 0.337 e.